The van der Waals surface area contributed by atoms with Crippen molar-refractivity contribution in [2.24, 2.45) is 11.8 Å². The van der Waals surface area contributed by atoms with Crippen molar-refractivity contribution in [1.29, 1.82) is 0 Å². The molecule has 3 unspecified atom stereocenters. The van der Waals surface area contributed by atoms with Gasteiger partial charge in [0.25, 0.3) is 0 Å². The highest BCUT2D eigenvalue weighted by molar-refractivity contribution is 6.22. The number of Topliss-reactive ketones (excluding diaryl/α,β-unsaturated/α-hetero) is 1. The van der Waals surface area contributed by atoms with E-state index in [-0.39, 0.29) is 11.3 Å². The molecule has 0 aromatic carbocycles. The molecular weight excluding hydrogens is 148 g/mol. The van der Waals surface area contributed by atoms with Crippen LogP contribution in [-0.2, 0) is 4.79 Å². The lowest BCUT2D eigenvalue weighted by molar-refractivity contribution is -0.125. The predicted molar refractivity (Wildman–Crippen MR) is 40.1 cm³/mol. The fourth-order valence-corrected chi connectivity index (χ4v) is 2.55. The number of alkyl halides is 1. The van der Waals surface area contributed by atoms with Crippen LogP contribution >= 0.6 is 11.6 Å². The third-order valence-corrected chi connectivity index (χ3v) is 3.34. The molecule has 2 saturated carbocycles. The lowest BCUT2D eigenvalue weighted by atomic mass is 9.87. The fraction of sp³-hybridized carbons (Fsp3) is 0.875. The monoisotopic (exact) mass is 158 g/mol. The zero-order chi connectivity index (χ0) is 7.14. The highest BCUT2D eigenvalue weighted by atomic mass is 35.5. The quantitative estimate of drug-likeness (QED) is 0.493. The molecule has 2 fully saturated rings. The summed E-state index contributed by atoms with van der Waals surface area (Å²) in [5.41, 5.74) is 0. The van der Waals surface area contributed by atoms with Gasteiger partial charge >= 0.3 is 0 Å². The van der Waals surface area contributed by atoms with E-state index in [2.05, 4.69) is 0 Å². The predicted octanol–water partition coefficient (Wildman–Crippen LogP) is 1.98. The molecule has 0 saturated heterocycles. The maximum Gasteiger partial charge on any atom is 0.140 e. The lowest BCUT2D eigenvalue weighted by Crippen LogP contribution is -2.28. The summed E-state index contributed by atoms with van der Waals surface area (Å²) in [6.45, 7) is 0. The molecule has 1 nitrogen and oxygen atoms in total. The lowest BCUT2D eigenvalue weighted by Gasteiger charge is -2.21. The molecule has 0 aromatic rings. The Balaban J connectivity index is 2.20. The minimum atomic E-state index is 0.159. The van der Waals surface area contributed by atoms with E-state index in [0.29, 0.717) is 11.7 Å². The minimum Gasteiger partial charge on any atom is -0.299 e. The summed E-state index contributed by atoms with van der Waals surface area (Å²) in [5.74, 6) is 1.06. The summed E-state index contributed by atoms with van der Waals surface area (Å²) in [6, 6.07) is 0. The Hall–Kier alpha value is -0.0400. The molecule has 2 aliphatic carbocycles. The molecule has 0 amide bonds. The van der Waals surface area contributed by atoms with Crippen molar-refractivity contribution in [1.82, 2.24) is 0 Å². The smallest absolute Gasteiger partial charge is 0.140 e. The number of hydrogen-bond donors (Lipinski definition) is 0. The summed E-state index contributed by atoms with van der Waals surface area (Å²) < 4.78 is 0. The Kier molecular flexibility index (Phi) is 1.48. The highest BCUT2D eigenvalue weighted by Gasteiger charge is 2.42. The van der Waals surface area contributed by atoms with Gasteiger partial charge in [-0.25, -0.2) is 0 Å². The van der Waals surface area contributed by atoms with E-state index < -0.39 is 0 Å². The zero-order valence-electron chi connectivity index (χ0n) is 5.85. The van der Waals surface area contributed by atoms with Crippen LogP contribution in [0.1, 0.15) is 25.7 Å². The van der Waals surface area contributed by atoms with Crippen LogP contribution in [0.4, 0.5) is 0 Å². The molecule has 0 aromatic heterocycles. The first-order valence-corrected chi connectivity index (χ1v) is 4.40. The van der Waals surface area contributed by atoms with Gasteiger partial charge in [-0.3, -0.25) is 4.79 Å². The van der Waals surface area contributed by atoms with Crippen LogP contribution in [0.15, 0.2) is 0 Å². The van der Waals surface area contributed by atoms with Gasteiger partial charge in [-0.1, -0.05) is 0 Å². The van der Waals surface area contributed by atoms with Gasteiger partial charge in [0.1, 0.15) is 5.78 Å². The van der Waals surface area contributed by atoms with Crippen LogP contribution in [0, 0.1) is 11.8 Å². The Bertz CT molecular complexity index is 167. The molecule has 0 spiro atoms. The van der Waals surface area contributed by atoms with Crippen molar-refractivity contribution in [3.63, 3.8) is 0 Å². The van der Waals surface area contributed by atoms with Crippen LogP contribution in [0.5, 0.6) is 0 Å². The molecule has 3 atom stereocenters. The number of hydrogen-bond acceptors (Lipinski definition) is 1. The summed E-state index contributed by atoms with van der Waals surface area (Å²) in [5, 5.41) is 0.159. The summed E-state index contributed by atoms with van der Waals surface area (Å²) in [7, 11) is 0. The van der Waals surface area contributed by atoms with E-state index in [1.54, 1.807) is 0 Å². The van der Waals surface area contributed by atoms with Gasteiger partial charge in [0, 0.05) is 17.2 Å². The van der Waals surface area contributed by atoms with Crippen LogP contribution in [-0.4, -0.2) is 11.2 Å². The molecule has 2 aliphatic rings. The normalized spacial score (nSPS) is 46.1. The maximum atomic E-state index is 11.3. The molecule has 0 aliphatic heterocycles. The van der Waals surface area contributed by atoms with Crippen LogP contribution in [0.2, 0.25) is 0 Å². The van der Waals surface area contributed by atoms with E-state index in [9.17, 15) is 4.79 Å². The Morgan fingerprint density at radius 2 is 1.90 bits per heavy atom. The van der Waals surface area contributed by atoms with Crippen molar-refractivity contribution in [3.8, 4) is 0 Å². The summed E-state index contributed by atoms with van der Waals surface area (Å²) >= 11 is 5.98. The van der Waals surface area contributed by atoms with Gasteiger partial charge in [-0.2, -0.15) is 0 Å². The van der Waals surface area contributed by atoms with Gasteiger partial charge in [0.05, 0.1) is 0 Å². The van der Waals surface area contributed by atoms with Crippen molar-refractivity contribution in [2.45, 2.75) is 31.1 Å². The number of fused-ring (bicyclic) bond motifs is 2. The second kappa shape index (κ2) is 2.23. The number of ketones is 1. The first-order valence-electron chi connectivity index (χ1n) is 3.97. The summed E-state index contributed by atoms with van der Waals surface area (Å²) in [4.78, 5) is 11.3. The van der Waals surface area contributed by atoms with Crippen molar-refractivity contribution in [2.75, 3.05) is 0 Å². The van der Waals surface area contributed by atoms with Crippen molar-refractivity contribution >= 4 is 17.4 Å². The van der Waals surface area contributed by atoms with Gasteiger partial charge in [0.15, 0.2) is 0 Å². The Labute approximate surface area is 65.7 Å². The molecule has 2 heteroatoms. The Morgan fingerprint density at radius 1 is 1.20 bits per heavy atom. The third kappa shape index (κ3) is 0.800. The van der Waals surface area contributed by atoms with Crippen LogP contribution in [0.3, 0.4) is 0 Å². The molecule has 10 heavy (non-hydrogen) atoms. The number of halogens is 1. The molecule has 2 rings (SSSR count). The molecule has 0 radical (unpaired) electrons. The Morgan fingerprint density at radius 3 is 2.60 bits per heavy atom. The molecule has 2 bridgehead atoms. The first-order chi connectivity index (χ1) is 4.79. The number of carbonyl (C=O) groups is 1. The van der Waals surface area contributed by atoms with E-state index in [1.165, 1.54) is 0 Å². The molecule has 0 heterocycles. The molecule has 0 N–H and O–H groups in total. The fourth-order valence-electron chi connectivity index (χ4n) is 2.18. The van der Waals surface area contributed by atoms with Crippen LogP contribution < -0.4 is 0 Å². The van der Waals surface area contributed by atoms with Crippen molar-refractivity contribution in [3.05, 3.63) is 0 Å². The van der Waals surface area contributed by atoms with E-state index >= 15 is 0 Å². The largest absolute Gasteiger partial charge is 0.299 e. The van der Waals surface area contributed by atoms with Crippen molar-refractivity contribution < 1.29 is 4.79 Å². The van der Waals surface area contributed by atoms with Gasteiger partial charge in [0.2, 0.25) is 0 Å². The van der Waals surface area contributed by atoms with E-state index in [1.807, 2.05) is 0 Å². The second-order valence-electron chi connectivity index (χ2n) is 3.38. The summed E-state index contributed by atoms with van der Waals surface area (Å²) in [6.07, 6.45) is 4.26. The zero-order valence-corrected chi connectivity index (χ0v) is 6.60. The maximum absolute atomic E-state index is 11.3. The second-order valence-corrected chi connectivity index (χ2v) is 3.94. The van der Waals surface area contributed by atoms with E-state index in [0.717, 1.165) is 25.7 Å². The number of carbonyl (C=O) groups excluding carboxylic acids is 1. The van der Waals surface area contributed by atoms with Gasteiger partial charge < -0.3 is 0 Å². The SMILES string of the molecule is O=C1C2CCC(Cl)C1CC2. The van der Waals surface area contributed by atoms with E-state index in [4.69, 9.17) is 11.6 Å². The van der Waals surface area contributed by atoms with Gasteiger partial charge in [-0.15, -0.1) is 11.6 Å². The highest BCUT2D eigenvalue weighted by Crippen LogP contribution is 2.41. The molecule has 56 valence electrons. The standard InChI is InChI=1S/C8H11ClO/c9-7-4-2-5-1-3-6(7)8(5)10/h5-7H,1-4H2. The first kappa shape index (κ1) is 6.66. The average Bonchev–Trinajstić information content (AvgIpc) is 2.13. The number of rotatable bonds is 0. The molecular formula is C8H11ClO. The third-order valence-electron chi connectivity index (χ3n) is 2.82. The minimum absolute atomic E-state index is 0.159. The topological polar surface area (TPSA) is 17.1 Å². The van der Waals surface area contributed by atoms with Crippen LogP contribution in [0.25, 0.3) is 0 Å². The van der Waals surface area contributed by atoms with Gasteiger partial charge in [-0.05, 0) is 25.7 Å². The average molecular weight is 159 g/mol.